The van der Waals surface area contributed by atoms with Gasteiger partial charge in [-0.25, -0.2) is 4.79 Å². The number of para-hydroxylation sites is 1. The number of rotatable bonds is 4. The molecule has 28 heavy (non-hydrogen) atoms. The van der Waals surface area contributed by atoms with Gasteiger partial charge in [-0.1, -0.05) is 18.2 Å². The smallest absolute Gasteiger partial charge is 0.407 e. The topological polar surface area (TPSA) is 70.7 Å². The van der Waals surface area contributed by atoms with Crippen LogP contribution in [0.3, 0.4) is 0 Å². The van der Waals surface area contributed by atoms with E-state index in [9.17, 15) is 9.59 Å². The van der Waals surface area contributed by atoms with Gasteiger partial charge in [-0.15, -0.1) is 0 Å². The molecule has 0 aromatic heterocycles. The van der Waals surface area contributed by atoms with E-state index >= 15 is 0 Å². The van der Waals surface area contributed by atoms with Gasteiger partial charge in [0.2, 0.25) is 5.91 Å². The summed E-state index contributed by atoms with van der Waals surface area (Å²) in [5, 5.41) is 5.96. The molecule has 1 aliphatic carbocycles. The molecule has 0 atom stereocenters. The average Bonchev–Trinajstić information content (AvgIpc) is 2.99. The molecule has 0 bridgehead atoms. The van der Waals surface area contributed by atoms with Crippen LogP contribution in [0.2, 0.25) is 0 Å². The van der Waals surface area contributed by atoms with Crippen molar-refractivity contribution in [2.75, 3.05) is 31.6 Å². The second-order valence-corrected chi connectivity index (χ2v) is 8.39. The van der Waals surface area contributed by atoms with Crippen LogP contribution in [0.15, 0.2) is 24.3 Å². The molecule has 0 radical (unpaired) electrons. The van der Waals surface area contributed by atoms with Crippen LogP contribution in [0.25, 0.3) is 0 Å². The molecule has 1 spiro atoms. The Labute approximate surface area is 167 Å². The van der Waals surface area contributed by atoms with E-state index in [2.05, 4.69) is 21.6 Å². The molecule has 6 nitrogen and oxygen atoms in total. The highest BCUT2D eigenvalue weighted by molar-refractivity contribution is 6.06. The van der Waals surface area contributed by atoms with Gasteiger partial charge >= 0.3 is 6.09 Å². The van der Waals surface area contributed by atoms with E-state index in [1.165, 1.54) is 5.56 Å². The molecule has 1 aromatic carbocycles. The molecule has 3 aliphatic rings. The first-order chi connectivity index (χ1) is 13.6. The van der Waals surface area contributed by atoms with Crippen molar-refractivity contribution in [2.24, 2.45) is 5.92 Å². The number of likely N-dealkylation sites (tertiary alicyclic amines) is 1. The van der Waals surface area contributed by atoms with E-state index in [1.807, 2.05) is 25.1 Å². The van der Waals surface area contributed by atoms with Crippen LogP contribution in [0.1, 0.15) is 51.0 Å². The Morgan fingerprint density at radius 3 is 2.64 bits per heavy atom. The van der Waals surface area contributed by atoms with Crippen molar-refractivity contribution in [2.45, 2.75) is 56.9 Å². The van der Waals surface area contributed by atoms with Crippen LogP contribution in [-0.4, -0.2) is 49.2 Å². The number of fused-ring (bicyclic) bond motifs is 2. The van der Waals surface area contributed by atoms with Gasteiger partial charge in [-0.3, -0.25) is 4.79 Å². The third kappa shape index (κ3) is 3.62. The van der Waals surface area contributed by atoms with Crippen molar-refractivity contribution in [3.8, 4) is 0 Å². The van der Waals surface area contributed by atoms with Crippen molar-refractivity contribution < 1.29 is 14.3 Å². The molecule has 1 saturated carbocycles. The highest BCUT2D eigenvalue weighted by atomic mass is 16.5. The fraction of sp³-hybridized carbons (Fsp3) is 0.636. The Morgan fingerprint density at radius 2 is 1.93 bits per heavy atom. The van der Waals surface area contributed by atoms with Crippen molar-refractivity contribution in [3.05, 3.63) is 29.8 Å². The molecule has 2 N–H and O–H groups in total. The normalized spacial score (nSPS) is 28.0. The minimum atomic E-state index is -0.311. The largest absolute Gasteiger partial charge is 0.450 e. The molecule has 6 heteroatoms. The summed E-state index contributed by atoms with van der Waals surface area (Å²) in [5.41, 5.74) is 1.89. The first-order valence-electron chi connectivity index (χ1n) is 10.7. The molecule has 2 amide bonds. The predicted molar refractivity (Wildman–Crippen MR) is 108 cm³/mol. The number of nitrogens with zero attached hydrogens (tertiary/aromatic N) is 1. The van der Waals surface area contributed by atoms with Gasteiger partial charge in [0.25, 0.3) is 0 Å². The maximum absolute atomic E-state index is 12.7. The summed E-state index contributed by atoms with van der Waals surface area (Å²) in [7, 11) is 0. The van der Waals surface area contributed by atoms with Crippen LogP contribution in [-0.2, 0) is 14.9 Å². The van der Waals surface area contributed by atoms with Crippen LogP contribution in [0, 0.1) is 5.92 Å². The summed E-state index contributed by atoms with van der Waals surface area (Å²) >= 11 is 0. The SMILES string of the molecule is CCOC(=O)NCC1CCN(C2CCC3(CC2)C(=O)Nc2ccccc23)CC1. The number of ether oxygens (including phenoxy) is 1. The van der Waals surface area contributed by atoms with E-state index < -0.39 is 0 Å². The number of anilines is 1. The van der Waals surface area contributed by atoms with Gasteiger partial charge in [0.15, 0.2) is 0 Å². The molecule has 152 valence electrons. The number of hydrogen-bond donors (Lipinski definition) is 2. The summed E-state index contributed by atoms with van der Waals surface area (Å²) in [6.45, 7) is 5.10. The lowest BCUT2D eigenvalue weighted by atomic mass is 9.68. The van der Waals surface area contributed by atoms with Crippen molar-refractivity contribution >= 4 is 17.7 Å². The van der Waals surface area contributed by atoms with Gasteiger partial charge in [-0.05, 0) is 76.1 Å². The number of piperidine rings is 1. The van der Waals surface area contributed by atoms with E-state index in [0.29, 0.717) is 25.1 Å². The molecule has 1 saturated heterocycles. The highest BCUT2D eigenvalue weighted by Crippen LogP contribution is 2.48. The molecule has 0 unspecified atom stereocenters. The van der Waals surface area contributed by atoms with Crippen LogP contribution in [0.4, 0.5) is 10.5 Å². The second kappa shape index (κ2) is 8.11. The van der Waals surface area contributed by atoms with Gasteiger partial charge in [-0.2, -0.15) is 0 Å². The quantitative estimate of drug-likeness (QED) is 0.834. The lowest BCUT2D eigenvalue weighted by Gasteiger charge is -2.43. The van der Waals surface area contributed by atoms with Gasteiger partial charge in [0.1, 0.15) is 0 Å². The summed E-state index contributed by atoms with van der Waals surface area (Å²) in [6, 6.07) is 8.75. The maximum atomic E-state index is 12.7. The molecule has 4 rings (SSSR count). The average molecular weight is 386 g/mol. The molecule has 2 aliphatic heterocycles. The third-order valence-corrected chi connectivity index (χ3v) is 6.91. The minimum Gasteiger partial charge on any atom is -0.450 e. The van der Waals surface area contributed by atoms with Gasteiger partial charge in [0, 0.05) is 18.3 Å². The van der Waals surface area contributed by atoms with Crippen LogP contribution in [0.5, 0.6) is 0 Å². The minimum absolute atomic E-state index is 0.191. The van der Waals surface area contributed by atoms with Crippen molar-refractivity contribution in [3.63, 3.8) is 0 Å². The first kappa shape index (κ1) is 19.2. The zero-order chi connectivity index (χ0) is 19.6. The summed E-state index contributed by atoms with van der Waals surface area (Å²) in [6.07, 6.45) is 5.93. The predicted octanol–water partition coefficient (Wildman–Crippen LogP) is 3.28. The molecule has 1 aromatic rings. The number of alkyl carbamates (subject to hydrolysis) is 1. The Morgan fingerprint density at radius 1 is 1.21 bits per heavy atom. The Bertz CT molecular complexity index is 719. The number of carbonyl (C=O) groups excluding carboxylic acids is 2. The number of benzene rings is 1. The van der Waals surface area contributed by atoms with Gasteiger partial charge < -0.3 is 20.3 Å². The fourth-order valence-electron chi connectivity index (χ4n) is 5.26. The third-order valence-electron chi connectivity index (χ3n) is 6.91. The van der Waals surface area contributed by atoms with E-state index in [-0.39, 0.29) is 17.4 Å². The van der Waals surface area contributed by atoms with Crippen molar-refractivity contribution in [1.29, 1.82) is 0 Å². The lowest BCUT2D eigenvalue weighted by molar-refractivity contribution is -0.122. The number of amides is 2. The Kier molecular flexibility index (Phi) is 5.58. The fourth-order valence-corrected chi connectivity index (χ4v) is 5.26. The number of carbonyl (C=O) groups is 2. The summed E-state index contributed by atoms with van der Waals surface area (Å²) in [4.78, 5) is 26.8. The van der Waals surface area contributed by atoms with Crippen LogP contribution < -0.4 is 10.6 Å². The standard InChI is InChI=1S/C22H31N3O3/c1-2-28-21(27)23-15-16-9-13-25(14-10-16)17-7-11-22(12-8-17)18-5-3-4-6-19(18)24-20(22)26/h3-6,16-17H,2,7-15H2,1H3,(H,23,27)(H,24,26). The number of nitrogens with one attached hydrogen (secondary N) is 2. The first-order valence-corrected chi connectivity index (χ1v) is 10.7. The van der Waals surface area contributed by atoms with E-state index in [1.54, 1.807) is 0 Å². The van der Waals surface area contributed by atoms with Crippen LogP contribution >= 0.6 is 0 Å². The van der Waals surface area contributed by atoms with Gasteiger partial charge in [0.05, 0.1) is 12.0 Å². The van der Waals surface area contributed by atoms with E-state index in [4.69, 9.17) is 4.74 Å². The monoisotopic (exact) mass is 385 g/mol. The number of hydrogen-bond acceptors (Lipinski definition) is 4. The highest BCUT2D eigenvalue weighted by Gasteiger charge is 2.49. The zero-order valence-electron chi connectivity index (χ0n) is 16.7. The molecule has 2 heterocycles. The molecule has 2 fully saturated rings. The Hall–Kier alpha value is -2.08. The van der Waals surface area contributed by atoms with Crippen molar-refractivity contribution in [1.82, 2.24) is 10.2 Å². The Balaban J connectivity index is 1.28. The lowest BCUT2D eigenvalue weighted by Crippen LogP contribution is -2.48. The summed E-state index contributed by atoms with van der Waals surface area (Å²) in [5.74, 6) is 0.721. The summed E-state index contributed by atoms with van der Waals surface area (Å²) < 4.78 is 4.94. The second-order valence-electron chi connectivity index (χ2n) is 8.39. The molecular formula is C22H31N3O3. The van der Waals surface area contributed by atoms with E-state index in [0.717, 1.165) is 57.3 Å². The zero-order valence-corrected chi connectivity index (χ0v) is 16.7. The molecular weight excluding hydrogens is 354 g/mol. The maximum Gasteiger partial charge on any atom is 0.407 e.